The van der Waals surface area contributed by atoms with Crippen LogP contribution < -0.4 is 4.74 Å². The molecule has 0 spiro atoms. The molecule has 17 heavy (non-hydrogen) atoms. The molecule has 1 aromatic carbocycles. The van der Waals surface area contributed by atoms with Crippen molar-refractivity contribution in [3.05, 3.63) is 47.1 Å². The third-order valence-corrected chi connectivity index (χ3v) is 2.23. The van der Waals surface area contributed by atoms with Crippen LogP contribution in [0.4, 0.5) is 4.39 Å². The van der Waals surface area contributed by atoms with E-state index >= 15 is 0 Å². The molecule has 1 heterocycles. The third kappa shape index (κ3) is 2.89. The van der Waals surface area contributed by atoms with Crippen molar-refractivity contribution in [3.63, 3.8) is 0 Å². The van der Waals surface area contributed by atoms with Gasteiger partial charge in [-0.15, -0.1) is 0 Å². The van der Waals surface area contributed by atoms with Crippen LogP contribution in [0, 0.1) is 5.82 Å². The molecule has 0 atom stereocenters. The number of aromatic nitrogens is 2. The van der Waals surface area contributed by atoms with Gasteiger partial charge in [0.2, 0.25) is 5.88 Å². The highest BCUT2D eigenvalue weighted by Crippen LogP contribution is 2.24. The minimum absolute atomic E-state index is 0.0335. The molecule has 0 aliphatic rings. The van der Waals surface area contributed by atoms with Crippen molar-refractivity contribution in [3.8, 4) is 11.6 Å². The van der Waals surface area contributed by atoms with Gasteiger partial charge in [0, 0.05) is 6.07 Å². The lowest BCUT2D eigenvalue weighted by molar-refractivity contribution is 0.274. The lowest BCUT2D eigenvalue weighted by Gasteiger charge is -2.05. The minimum atomic E-state index is -0.519. The van der Waals surface area contributed by atoms with Crippen LogP contribution in [0.2, 0.25) is 5.02 Å². The van der Waals surface area contributed by atoms with Crippen LogP contribution in [0.25, 0.3) is 0 Å². The van der Waals surface area contributed by atoms with Gasteiger partial charge in [0.05, 0.1) is 29.7 Å². The van der Waals surface area contributed by atoms with Crippen molar-refractivity contribution in [2.75, 3.05) is 0 Å². The molecule has 2 aromatic rings. The van der Waals surface area contributed by atoms with Crippen LogP contribution in [0.5, 0.6) is 11.6 Å². The summed E-state index contributed by atoms with van der Waals surface area (Å²) in [6.45, 7) is -0.228. The monoisotopic (exact) mass is 254 g/mol. The van der Waals surface area contributed by atoms with Crippen LogP contribution in [0.3, 0.4) is 0 Å². The SMILES string of the molecule is OCc1cncc(Oc2ccc(F)c(Cl)c2)n1. The fourth-order valence-electron chi connectivity index (χ4n) is 1.17. The first-order valence-electron chi connectivity index (χ1n) is 4.73. The number of hydrogen-bond donors (Lipinski definition) is 1. The average Bonchev–Trinajstić information content (AvgIpc) is 2.34. The highest BCUT2D eigenvalue weighted by atomic mass is 35.5. The highest BCUT2D eigenvalue weighted by Gasteiger charge is 2.04. The van der Waals surface area contributed by atoms with E-state index in [2.05, 4.69) is 9.97 Å². The summed E-state index contributed by atoms with van der Waals surface area (Å²) in [5.41, 5.74) is 0.385. The molecule has 1 N–H and O–H groups in total. The van der Waals surface area contributed by atoms with Gasteiger partial charge in [-0.3, -0.25) is 4.98 Å². The Bertz CT molecular complexity index is 537. The number of halogens is 2. The fourth-order valence-corrected chi connectivity index (χ4v) is 1.34. The van der Waals surface area contributed by atoms with Crippen LogP contribution in [0.1, 0.15) is 5.69 Å². The predicted octanol–water partition coefficient (Wildman–Crippen LogP) is 2.55. The summed E-state index contributed by atoms with van der Waals surface area (Å²) in [6, 6.07) is 3.96. The Balaban J connectivity index is 2.22. The van der Waals surface area contributed by atoms with Crippen LogP contribution in [0.15, 0.2) is 30.6 Å². The molecule has 0 fully saturated rings. The normalized spacial score (nSPS) is 10.3. The number of aliphatic hydroxyl groups excluding tert-OH is 1. The molecule has 0 unspecified atom stereocenters. The zero-order chi connectivity index (χ0) is 12.3. The largest absolute Gasteiger partial charge is 0.437 e. The first kappa shape index (κ1) is 11.8. The first-order chi connectivity index (χ1) is 8.19. The molecular weight excluding hydrogens is 247 g/mol. The van der Waals surface area contributed by atoms with Crippen LogP contribution in [-0.4, -0.2) is 15.1 Å². The molecule has 88 valence electrons. The topological polar surface area (TPSA) is 55.2 Å². The summed E-state index contributed by atoms with van der Waals surface area (Å²) in [5.74, 6) is 0.0363. The Morgan fingerprint density at radius 1 is 1.35 bits per heavy atom. The van der Waals surface area contributed by atoms with Crippen LogP contribution in [-0.2, 0) is 6.61 Å². The Morgan fingerprint density at radius 2 is 2.18 bits per heavy atom. The predicted molar refractivity (Wildman–Crippen MR) is 59.4 cm³/mol. The van der Waals surface area contributed by atoms with E-state index in [0.29, 0.717) is 11.4 Å². The van der Waals surface area contributed by atoms with Crippen molar-refractivity contribution >= 4 is 11.6 Å². The number of ether oxygens (including phenoxy) is 1. The number of hydrogen-bond acceptors (Lipinski definition) is 4. The maximum Gasteiger partial charge on any atom is 0.238 e. The summed E-state index contributed by atoms with van der Waals surface area (Å²) < 4.78 is 18.2. The second kappa shape index (κ2) is 5.07. The first-order valence-corrected chi connectivity index (χ1v) is 5.11. The van der Waals surface area contributed by atoms with Crippen molar-refractivity contribution in [1.29, 1.82) is 0 Å². The average molecular weight is 255 g/mol. The second-order valence-corrected chi connectivity index (χ2v) is 3.59. The molecule has 0 aliphatic heterocycles. The molecule has 0 saturated carbocycles. The van der Waals surface area contributed by atoms with Crippen molar-refractivity contribution in [1.82, 2.24) is 9.97 Å². The van der Waals surface area contributed by atoms with Crippen molar-refractivity contribution in [2.24, 2.45) is 0 Å². The smallest absolute Gasteiger partial charge is 0.238 e. The molecule has 0 aliphatic carbocycles. The maximum atomic E-state index is 12.9. The lowest BCUT2D eigenvalue weighted by Crippen LogP contribution is -1.95. The standard InChI is InChI=1S/C11H8ClFN2O2/c12-9-3-8(1-2-10(9)13)17-11-5-14-4-7(6-16)15-11/h1-5,16H,6H2. The molecule has 6 heteroatoms. The zero-order valence-electron chi connectivity index (χ0n) is 8.60. The van der Waals surface area contributed by atoms with E-state index in [-0.39, 0.29) is 17.5 Å². The molecular formula is C11H8ClFN2O2. The maximum absolute atomic E-state index is 12.9. The van der Waals surface area contributed by atoms with E-state index < -0.39 is 5.82 Å². The van der Waals surface area contributed by atoms with E-state index in [9.17, 15) is 4.39 Å². The highest BCUT2D eigenvalue weighted by molar-refractivity contribution is 6.30. The van der Waals surface area contributed by atoms with Gasteiger partial charge in [0.1, 0.15) is 11.6 Å². The van der Waals surface area contributed by atoms with Gasteiger partial charge in [-0.05, 0) is 12.1 Å². The molecule has 0 bridgehead atoms. The number of rotatable bonds is 3. The summed E-state index contributed by atoms with van der Waals surface area (Å²) in [7, 11) is 0. The molecule has 0 amide bonds. The van der Waals surface area contributed by atoms with E-state index in [1.807, 2.05) is 0 Å². The number of aliphatic hydroxyl groups is 1. The van der Waals surface area contributed by atoms with Gasteiger partial charge < -0.3 is 9.84 Å². The zero-order valence-corrected chi connectivity index (χ0v) is 9.36. The molecule has 4 nitrogen and oxygen atoms in total. The van der Waals surface area contributed by atoms with E-state index in [0.717, 1.165) is 0 Å². The Hall–Kier alpha value is -1.72. The van der Waals surface area contributed by atoms with Gasteiger partial charge >= 0.3 is 0 Å². The Kier molecular flexibility index (Phi) is 3.51. The lowest BCUT2D eigenvalue weighted by atomic mass is 10.3. The molecule has 0 saturated heterocycles. The van der Waals surface area contributed by atoms with Gasteiger partial charge in [0.15, 0.2) is 0 Å². The summed E-state index contributed by atoms with van der Waals surface area (Å²) in [5, 5.41) is 8.85. The Morgan fingerprint density at radius 3 is 2.88 bits per heavy atom. The number of benzene rings is 1. The summed E-state index contributed by atoms with van der Waals surface area (Å²) in [4.78, 5) is 7.80. The van der Waals surface area contributed by atoms with Gasteiger partial charge in [-0.1, -0.05) is 11.6 Å². The van der Waals surface area contributed by atoms with E-state index in [1.54, 1.807) is 0 Å². The van der Waals surface area contributed by atoms with Crippen molar-refractivity contribution in [2.45, 2.75) is 6.61 Å². The fraction of sp³-hybridized carbons (Fsp3) is 0.0909. The quantitative estimate of drug-likeness (QED) is 0.915. The van der Waals surface area contributed by atoms with E-state index in [1.165, 1.54) is 30.6 Å². The van der Waals surface area contributed by atoms with Gasteiger partial charge in [0.25, 0.3) is 0 Å². The molecule has 1 aromatic heterocycles. The second-order valence-electron chi connectivity index (χ2n) is 3.18. The third-order valence-electron chi connectivity index (χ3n) is 1.94. The summed E-state index contributed by atoms with van der Waals surface area (Å²) >= 11 is 5.61. The molecule has 2 rings (SSSR count). The number of nitrogens with zero attached hydrogens (tertiary/aromatic N) is 2. The Labute approximate surface area is 102 Å². The van der Waals surface area contributed by atoms with Crippen LogP contribution >= 0.6 is 11.6 Å². The van der Waals surface area contributed by atoms with Crippen molar-refractivity contribution < 1.29 is 14.2 Å². The molecule has 0 radical (unpaired) electrons. The summed E-state index contributed by atoms with van der Waals surface area (Å²) in [6.07, 6.45) is 2.81. The van der Waals surface area contributed by atoms with E-state index in [4.69, 9.17) is 21.4 Å². The van der Waals surface area contributed by atoms with Gasteiger partial charge in [-0.2, -0.15) is 0 Å². The van der Waals surface area contributed by atoms with Gasteiger partial charge in [-0.25, -0.2) is 9.37 Å². The minimum Gasteiger partial charge on any atom is -0.437 e.